The molecular formula is C59H39N5. The molecule has 300 valence electrons. The maximum absolute atomic E-state index is 5.47. The van der Waals surface area contributed by atoms with Gasteiger partial charge in [0, 0.05) is 27.8 Å². The minimum atomic E-state index is 0.687. The quantitative estimate of drug-likeness (QED) is 0.153. The van der Waals surface area contributed by atoms with E-state index in [9.17, 15) is 0 Å². The van der Waals surface area contributed by atoms with Gasteiger partial charge in [0.1, 0.15) is 0 Å². The van der Waals surface area contributed by atoms with Crippen LogP contribution in [0.3, 0.4) is 0 Å². The Morgan fingerprint density at radius 2 is 0.719 bits per heavy atom. The van der Waals surface area contributed by atoms with E-state index in [2.05, 4.69) is 209 Å². The lowest BCUT2D eigenvalue weighted by Gasteiger charge is -2.18. The SMILES string of the molecule is c1ccc(-c2ccc3c(c2)n2c4cc(-c5ccc(-c6nc(-c7ccccc7)cc(-c7ccccc7)n6)cc5)ccc4nc2n3-c2c(-c3ccccc3)cccc2-c2ccccc2)cc1. The summed E-state index contributed by atoms with van der Waals surface area (Å²) in [5.74, 6) is 1.54. The lowest BCUT2D eigenvalue weighted by Crippen LogP contribution is -2.01. The van der Waals surface area contributed by atoms with E-state index in [1.807, 2.05) is 36.4 Å². The van der Waals surface area contributed by atoms with Crippen LogP contribution in [0.15, 0.2) is 237 Å². The molecule has 0 atom stereocenters. The molecule has 0 amide bonds. The lowest BCUT2D eigenvalue weighted by atomic mass is 9.95. The fourth-order valence-electron chi connectivity index (χ4n) is 9.05. The number of para-hydroxylation sites is 1. The van der Waals surface area contributed by atoms with E-state index in [1.54, 1.807) is 0 Å². The summed E-state index contributed by atoms with van der Waals surface area (Å²) in [5, 5.41) is 0. The molecule has 12 rings (SSSR count). The van der Waals surface area contributed by atoms with Crippen LogP contribution in [0, 0.1) is 0 Å². The van der Waals surface area contributed by atoms with Gasteiger partial charge in [0.2, 0.25) is 5.78 Å². The van der Waals surface area contributed by atoms with Crippen molar-refractivity contribution in [3.63, 3.8) is 0 Å². The summed E-state index contributed by atoms with van der Waals surface area (Å²) in [5.41, 5.74) is 19.1. The fourth-order valence-corrected chi connectivity index (χ4v) is 9.05. The second-order valence-electron chi connectivity index (χ2n) is 16.1. The van der Waals surface area contributed by atoms with E-state index in [4.69, 9.17) is 15.0 Å². The molecule has 12 aromatic rings. The van der Waals surface area contributed by atoms with Gasteiger partial charge < -0.3 is 0 Å². The number of fused-ring (bicyclic) bond motifs is 5. The van der Waals surface area contributed by atoms with Crippen molar-refractivity contribution in [1.82, 2.24) is 23.9 Å². The molecule has 0 unspecified atom stereocenters. The first-order valence-corrected chi connectivity index (χ1v) is 21.6. The largest absolute Gasteiger partial charge is 0.277 e. The van der Waals surface area contributed by atoms with E-state index in [-0.39, 0.29) is 0 Å². The third-order valence-electron chi connectivity index (χ3n) is 12.2. The van der Waals surface area contributed by atoms with Crippen molar-refractivity contribution in [2.75, 3.05) is 0 Å². The summed E-state index contributed by atoms with van der Waals surface area (Å²) in [6.45, 7) is 0. The Morgan fingerprint density at radius 3 is 1.27 bits per heavy atom. The first-order valence-electron chi connectivity index (χ1n) is 21.6. The Hall–Kier alpha value is -8.67. The highest BCUT2D eigenvalue weighted by Gasteiger charge is 2.23. The van der Waals surface area contributed by atoms with E-state index in [0.29, 0.717) is 5.82 Å². The standard InChI is InChI=1S/C59H39N5/c1-6-17-40(18-7-1)48-34-36-54-56(38-48)63-55-37-47(41-29-31-46(32-30-41)58-60-52(44-23-12-4-13-24-44)39-53(61-58)45-25-14-5-15-26-45)33-35-51(55)62-59(63)64(54)57-49(42-19-8-2-9-20-42)27-16-28-50(57)43-21-10-3-11-22-43/h1-39H. The zero-order chi connectivity index (χ0) is 42.4. The zero-order valence-corrected chi connectivity index (χ0v) is 34.8. The molecule has 64 heavy (non-hydrogen) atoms. The van der Waals surface area contributed by atoms with Crippen molar-refractivity contribution in [3.8, 4) is 84.1 Å². The molecule has 5 nitrogen and oxygen atoms in total. The number of hydrogen-bond acceptors (Lipinski definition) is 3. The Labute approximate surface area is 370 Å². The van der Waals surface area contributed by atoms with Crippen LogP contribution in [0.1, 0.15) is 0 Å². The maximum atomic E-state index is 5.47. The average Bonchev–Trinajstić information content (AvgIpc) is 3.91. The molecule has 0 spiro atoms. The summed E-state index contributed by atoms with van der Waals surface area (Å²) in [6.07, 6.45) is 0. The van der Waals surface area contributed by atoms with Crippen LogP contribution >= 0.6 is 0 Å². The fraction of sp³-hybridized carbons (Fsp3) is 0. The molecule has 5 heteroatoms. The summed E-state index contributed by atoms with van der Waals surface area (Å²) in [7, 11) is 0. The van der Waals surface area contributed by atoms with E-state index < -0.39 is 0 Å². The zero-order valence-electron chi connectivity index (χ0n) is 34.8. The van der Waals surface area contributed by atoms with Gasteiger partial charge in [-0.2, -0.15) is 0 Å². The maximum Gasteiger partial charge on any atom is 0.220 e. The molecule has 0 fully saturated rings. The van der Waals surface area contributed by atoms with Crippen LogP contribution in [0.25, 0.3) is 112 Å². The van der Waals surface area contributed by atoms with Crippen LogP contribution in [0.4, 0.5) is 0 Å². The van der Waals surface area contributed by atoms with Crippen molar-refractivity contribution < 1.29 is 0 Å². The summed E-state index contributed by atoms with van der Waals surface area (Å²) < 4.78 is 4.72. The molecule has 0 saturated heterocycles. The second kappa shape index (κ2) is 15.7. The van der Waals surface area contributed by atoms with E-state index >= 15 is 0 Å². The van der Waals surface area contributed by atoms with Gasteiger partial charge in [-0.3, -0.25) is 8.97 Å². The summed E-state index contributed by atoms with van der Waals surface area (Å²) in [6, 6.07) is 83.3. The molecule has 0 bridgehead atoms. The number of hydrogen-bond donors (Lipinski definition) is 0. The molecule has 0 aliphatic rings. The highest BCUT2D eigenvalue weighted by molar-refractivity contribution is 5.98. The molecule has 3 heterocycles. The predicted octanol–water partition coefficient (Wildman–Crippen LogP) is 14.9. The van der Waals surface area contributed by atoms with Gasteiger partial charge in [-0.25, -0.2) is 15.0 Å². The topological polar surface area (TPSA) is 48.0 Å². The van der Waals surface area contributed by atoms with Crippen molar-refractivity contribution in [3.05, 3.63) is 237 Å². The van der Waals surface area contributed by atoms with E-state index in [1.165, 1.54) is 5.56 Å². The van der Waals surface area contributed by atoms with Gasteiger partial charge in [-0.15, -0.1) is 0 Å². The summed E-state index contributed by atoms with van der Waals surface area (Å²) in [4.78, 5) is 15.6. The highest BCUT2D eigenvalue weighted by atomic mass is 15.2. The van der Waals surface area contributed by atoms with Gasteiger partial charge in [0.15, 0.2) is 5.82 Å². The van der Waals surface area contributed by atoms with Crippen molar-refractivity contribution in [1.29, 1.82) is 0 Å². The van der Waals surface area contributed by atoms with Crippen molar-refractivity contribution >= 4 is 27.8 Å². The van der Waals surface area contributed by atoms with Crippen LogP contribution in [0.2, 0.25) is 0 Å². The first-order chi connectivity index (χ1) is 31.7. The Bertz CT molecular complexity index is 3500. The third kappa shape index (κ3) is 6.55. The number of rotatable bonds is 8. The van der Waals surface area contributed by atoms with Gasteiger partial charge in [0.05, 0.1) is 39.1 Å². The first kappa shape index (κ1) is 37.1. The van der Waals surface area contributed by atoms with E-state index in [0.717, 1.165) is 101 Å². The van der Waals surface area contributed by atoms with Crippen LogP contribution < -0.4 is 0 Å². The minimum absolute atomic E-state index is 0.687. The number of nitrogens with zero attached hydrogens (tertiary/aromatic N) is 5. The van der Waals surface area contributed by atoms with Crippen molar-refractivity contribution in [2.45, 2.75) is 0 Å². The monoisotopic (exact) mass is 817 g/mol. The molecular weight excluding hydrogens is 779 g/mol. The number of imidazole rings is 2. The Kier molecular flexibility index (Phi) is 9.08. The third-order valence-corrected chi connectivity index (χ3v) is 12.2. The van der Waals surface area contributed by atoms with Crippen LogP contribution in [-0.4, -0.2) is 23.9 Å². The molecule has 9 aromatic carbocycles. The Morgan fingerprint density at radius 1 is 0.281 bits per heavy atom. The van der Waals surface area contributed by atoms with Gasteiger partial charge in [-0.05, 0) is 63.7 Å². The average molecular weight is 818 g/mol. The number of aromatic nitrogens is 5. The van der Waals surface area contributed by atoms with Gasteiger partial charge in [0.25, 0.3) is 0 Å². The molecule has 0 saturated carbocycles. The molecule has 0 radical (unpaired) electrons. The molecule has 0 N–H and O–H groups in total. The molecule has 3 aromatic heterocycles. The summed E-state index contributed by atoms with van der Waals surface area (Å²) >= 11 is 0. The van der Waals surface area contributed by atoms with Gasteiger partial charge in [-0.1, -0.05) is 206 Å². The second-order valence-corrected chi connectivity index (χ2v) is 16.1. The lowest BCUT2D eigenvalue weighted by molar-refractivity contribution is 1.11. The predicted molar refractivity (Wildman–Crippen MR) is 263 cm³/mol. The number of benzene rings is 9. The van der Waals surface area contributed by atoms with Gasteiger partial charge >= 0.3 is 0 Å². The van der Waals surface area contributed by atoms with Crippen molar-refractivity contribution in [2.24, 2.45) is 0 Å². The minimum Gasteiger partial charge on any atom is -0.277 e. The normalized spacial score (nSPS) is 11.4. The smallest absolute Gasteiger partial charge is 0.220 e. The molecule has 0 aliphatic heterocycles. The highest BCUT2D eigenvalue weighted by Crippen LogP contribution is 2.41. The molecule has 0 aliphatic carbocycles. The van der Waals surface area contributed by atoms with Crippen LogP contribution in [-0.2, 0) is 0 Å². The van der Waals surface area contributed by atoms with Crippen LogP contribution in [0.5, 0.6) is 0 Å². The Balaban J connectivity index is 1.04.